The number of phenolic OH excluding ortho intramolecular Hbond substituents is 1. The van der Waals surface area contributed by atoms with Crippen molar-refractivity contribution in [3.8, 4) is 11.5 Å². The maximum atomic E-state index is 9.25. The molecule has 0 atom stereocenters. The van der Waals surface area contributed by atoms with E-state index in [1.807, 2.05) is 30.3 Å². The SMILES string of the molecule is CCNCc1cc(Cl)ccc1OCc1ccc(O)cc1. The molecule has 0 bridgehead atoms. The molecule has 106 valence electrons. The van der Waals surface area contributed by atoms with Gasteiger partial charge in [-0.25, -0.2) is 0 Å². The predicted octanol–water partition coefficient (Wildman–Crippen LogP) is 3.73. The molecule has 0 saturated carbocycles. The summed E-state index contributed by atoms with van der Waals surface area (Å²) in [6.07, 6.45) is 0. The molecule has 2 aromatic rings. The highest BCUT2D eigenvalue weighted by Crippen LogP contribution is 2.24. The molecule has 2 rings (SSSR count). The molecule has 0 radical (unpaired) electrons. The Morgan fingerprint density at radius 1 is 1.15 bits per heavy atom. The van der Waals surface area contributed by atoms with Crippen molar-refractivity contribution in [2.45, 2.75) is 20.1 Å². The second-order valence-corrected chi connectivity index (χ2v) is 4.92. The van der Waals surface area contributed by atoms with Crippen molar-refractivity contribution in [2.75, 3.05) is 6.54 Å². The van der Waals surface area contributed by atoms with E-state index >= 15 is 0 Å². The van der Waals surface area contributed by atoms with Gasteiger partial charge in [0.2, 0.25) is 0 Å². The summed E-state index contributed by atoms with van der Waals surface area (Å²) in [5.41, 5.74) is 2.05. The monoisotopic (exact) mass is 291 g/mol. The van der Waals surface area contributed by atoms with E-state index in [0.717, 1.165) is 30.0 Å². The molecule has 0 unspecified atom stereocenters. The van der Waals surface area contributed by atoms with Crippen molar-refractivity contribution in [3.05, 3.63) is 58.6 Å². The third-order valence-electron chi connectivity index (χ3n) is 2.92. The van der Waals surface area contributed by atoms with Crippen LogP contribution in [0.1, 0.15) is 18.1 Å². The van der Waals surface area contributed by atoms with Gasteiger partial charge in [0, 0.05) is 17.1 Å². The van der Waals surface area contributed by atoms with Crippen LogP contribution >= 0.6 is 11.6 Å². The van der Waals surface area contributed by atoms with Crippen molar-refractivity contribution >= 4 is 11.6 Å². The normalized spacial score (nSPS) is 10.5. The maximum Gasteiger partial charge on any atom is 0.124 e. The zero-order valence-corrected chi connectivity index (χ0v) is 12.2. The molecule has 2 N–H and O–H groups in total. The summed E-state index contributed by atoms with van der Waals surface area (Å²) in [6, 6.07) is 12.6. The highest BCUT2D eigenvalue weighted by Gasteiger charge is 2.05. The molecule has 4 heteroatoms. The van der Waals surface area contributed by atoms with Gasteiger partial charge in [0.25, 0.3) is 0 Å². The molecule has 3 nitrogen and oxygen atoms in total. The summed E-state index contributed by atoms with van der Waals surface area (Å²) in [5, 5.41) is 13.2. The summed E-state index contributed by atoms with van der Waals surface area (Å²) < 4.78 is 5.83. The van der Waals surface area contributed by atoms with Crippen LogP contribution in [-0.2, 0) is 13.2 Å². The van der Waals surface area contributed by atoms with Gasteiger partial charge in [0.15, 0.2) is 0 Å². The van der Waals surface area contributed by atoms with Gasteiger partial charge >= 0.3 is 0 Å². The van der Waals surface area contributed by atoms with Crippen LogP contribution in [0.2, 0.25) is 5.02 Å². The number of phenols is 1. The lowest BCUT2D eigenvalue weighted by Gasteiger charge is -2.12. The molecule has 0 heterocycles. The van der Waals surface area contributed by atoms with Crippen molar-refractivity contribution < 1.29 is 9.84 Å². The second-order valence-electron chi connectivity index (χ2n) is 4.49. The first-order valence-electron chi connectivity index (χ1n) is 6.59. The third kappa shape index (κ3) is 4.15. The highest BCUT2D eigenvalue weighted by atomic mass is 35.5. The minimum absolute atomic E-state index is 0.257. The largest absolute Gasteiger partial charge is 0.508 e. The van der Waals surface area contributed by atoms with Crippen LogP contribution in [0.25, 0.3) is 0 Å². The Labute approximate surface area is 124 Å². The Hall–Kier alpha value is -1.71. The van der Waals surface area contributed by atoms with Crippen molar-refractivity contribution in [1.82, 2.24) is 5.32 Å². The van der Waals surface area contributed by atoms with Crippen molar-refractivity contribution in [3.63, 3.8) is 0 Å². The van der Waals surface area contributed by atoms with Gasteiger partial charge in [-0.1, -0.05) is 30.7 Å². The molecular weight excluding hydrogens is 274 g/mol. The number of ether oxygens (including phenoxy) is 1. The van der Waals surface area contributed by atoms with Crippen LogP contribution in [0.3, 0.4) is 0 Å². The van der Waals surface area contributed by atoms with Gasteiger partial charge < -0.3 is 15.2 Å². The van der Waals surface area contributed by atoms with Crippen LogP contribution in [-0.4, -0.2) is 11.7 Å². The van der Waals surface area contributed by atoms with Gasteiger partial charge in [-0.2, -0.15) is 0 Å². The Kier molecular flexibility index (Phi) is 5.27. The Morgan fingerprint density at radius 2 is 1.90 bits per heavy atom. The summed E-state index contributed by atoms with van der Waals surface area (Å²) >= 11 is 6.02. The quantitative estimate of drug-likeness (QED) is 0.852. The molecule has 0 amide bonds. The third-order valence-corrected chi connectivity index (χ3v) is 3.15. The summed E-state index contributed by atoms with van der Waals surface area (Å²) in [5.74, 6) is 1.08. The van der Waals surface area contributed by atoms with Gasteiger partial charge in [0.1, 0.15) is 18.1 Å². The minimum atomic E-state index is 0.257. The van der Waals surface area contributed by atoms with E-state index in [-0.39, 0.29) is 5.75 Å². The first-order valence-corrected chi connectivity index (χ1v) is 6.96. The Morgan fingerprint density at radius 3 is 2.60 bits per heavy atom. The Bertz CT molecular complexity index is 555. The van der Waals surface area contributed by atoms with Crippen LogP contribution in [0.15, 0.2) is 42.5 Å². The molecule has 0 aliphatic heterocycles. The number of hydrogen-bond acceptors (Lipinski definition) is 3. The summed E-state index contributed by atoms with van der Waals surface area (Å²) in [6.45, 7) is 4.13. The van der Waals surface area contributed by atoms with E-state index in [1.165, 1.54) is 0 Å². The van der Waals surface area contributed by atoms with Crippen LogP contribution < -0.4 is 10.1 Å². The molecule has 0 spiro atoms. The number of rotatable bonds is 6. The van der Waals surface area contributed by atoms with E-state index in [0.29, 0.717) is 11.6 Å². The molecular formula is C16H18ClNO2. The van der Waals surface area contributed by atoms with E-state index in [4.69, 9.17) is 16.3 Å². The molecule has 0 aromatic heterocycles. The van der Waals surface area contributed by atoms with Gasteiger partial charge in [0.05, 0.1) is 0 Å². The number of benzene rings is 2. The van der Waals surface area contributed by atoms with Gasteiger partial charge in [-0.3, -0.25) is 0 Å². The van der Waals surface area contributed by atoms with Crippen molar-refractivity contribution in [1.29, 1.82) is 0 Å². The van der Waals surface area contributed by atoms with Crippen LogP contribution in [0.5, 0.6) is 11.5 Å². The standard InChI is InChI=1S/C16H18ClNO2/c1-2-18-10-13-9-14(17)5-8-16(13)20-11-12-3-6-15(19)7-4-12/h3-9,18-19H,2,10-11H2,1H3. The fraction of sp³-hybridized carbons (Fsp3) is 0.250. The first kappa shape index (κ1) is 14.7. The lowest BCUT2D eigenvalue weighted by atomic mass is 10.2. The molecule has 0 aliphatic carbocycles. The zero-order chi connectivity index (χ0) is 14.4. The van der Waals surface area contributed by atoms with Crippen LogP contribution in [0.4, 0.5) is 0 Å². The van der Waals surface area contributed by atoms with E-state index < -0.39 is 0 Å². The molecule has 2 aromatic carbocycles. The number of halogens is 1. The molecule has 0 fully saturated rings. The smallest absolute Gasteiger partial charge is 0.124 e. The van der Waals surface area contributed by atoms with Gasteiger partial charge in [-0.15, -0.1) is 0 Å². The molecule has 0 aliphatic rings. The highest BCUT2D eigenvalue weighted by molar-refractivity contribution is 6.30. The summed E-state index contributed by atoms with van der Waals surface area (Å²) in [4.78, 5) is 0. The summed E-state index contributed by atoms with van der Waals surface area (Å²) in [7, 11) is 0. The topological polar surface area (TPSA) is 41.5 Å². The lowest BCUT2D eigenvalue weighted by molar-refractivity contribution is 0.302. The maximum absolute atomic E-state index is 9.25. The van der Waals surface area contributed by atoms with E-state index in [2.05, 4.69) is 12.2 Å². The number of nitrogens with one attached hydrogen (secondary N) is 1. The Balaban J connectivity index is 2.06. The van der Waals surface area contributed by atoms with E-state index in [1.54, 1.807) is 12.1 Å². The van der Waals surface area contributed by atoms with Crippen molar-refractivity contribution in [2.24, 2.45) is 0 Å². The molecule has 20 heavy (non-hydrogen) atoms. The second kappa shape index (κ2) is 7.17. The average Bonchev–Trinajstić information content (AvgIpc) is 2.46. The minimum Gasteiger partial charge on any atom is -0.508 e. The molecule has 0 saturated heterocycles. The lowest BCUT2D eigenvalue weighted by Crippen LogP contribution is -2.13. The number of hydrogen-bond donors (Lipinski definition) is 2. The predicted molar refractivity (Wildman–Crippen MR) is 81.3 cm³/mol. The zero-order valence-electron chi connectivity index (χ0n) is 11.4. The van der Waals surface area contributed by atoms with Crippen LogP contribution in [0, 0.1) is 0 Å². The fourth-order valence-corrected chi connectivity index (χ4v) is 2.03. The van der Waals surface area contributed by atoms with E-state index in [9.17, 15) is 5.11 Å². The first-order chi connectivity index (χ1) is 9.69. The number of aromatic hydroxyl groups is 1. The average molecular weight is 292 g/mol. The van der Waals surface area contributed by atoms with Gasteiger partial charge in [-0.05, 0) is 42.4 Å². The fourth-order valence-electron chi connectivity index (χ4n) is 1.84.